The van der Waals surface area contributed by atoms with Gasteiger partial charge >= 0.3 is 0 Å². The summed E-state index contributed by atoms with van der Waals surface area (Å²) in [5.41, 5.74) is 1.66. The second-order valence-corrected chi connectivity index (χ2v) is 4.07. The first-order valence-electron chi connectivity index (χ1n) is 4.43. The zero-order chi connectivity index (χ0) is 10.8. The van der Waals surface area contributed by atoms with E-state index in [1.165, 1.54) is 0 Å². The monoisotopic (exact) mass is 268 g/mol. The van der Waals surface area contributed by atoms with Crippen LogP contribution in [0.4, 0.5) is 0 Å². The van der Waals surface area contributed by atoms with Gasteiger partial charge in [-0.25, -0.2) is 0 Å². The minimum atomic E-state index is -0.0573. The lowest BCUT2D eigenvalue weighted by molar-refractivity contribution is 0.414. The molecule has 15 heavy (non-hydrogen) atoms. The van der Waals surface area contributed by atoms with Gasteiger partial charge in [-0.3, -0.25) is 4.79 Å². The molecule has 0 aromatic carbocycles. The van der Waals surface area contributed by atoms with Crippen LogP contribution < -0.4 is 5.56 Å². The van der Waals surface area contributed by atoms with Crippen LogP contribution in [0.2, 0.25) is 0 Å². The van der Waals surface area contributed by atoms with E-state index in [9.17, 15) is 4.79 Å². The highest BCUT2D eigenvalue weighted by atomic mass is 79.9. The fourth-order valence-corrected chi connectivity index (χ4v) is 1.66. The summed E-state index contributed by atoms with van der Waals surface area (Å²) in [6, 6.07) is 3.54. The third kappa shape index (κ3) is 2.02. The first kappa shape index (κ1) is 10.2. The van der Waals surface area contributed by atoms with Crippen molar-refractivity contribution in [2.45, 2.75) is 13.5 Å². The average Bonchev–Trinajstić information content (AvgIpc) is 2.60. The van der Waals surface area contributed by atoms with Crippen LogP contribution in [0.3, 0.4) is 0 Å². The third-order valence-corrected chi connectivity index (χ3v) is 2.77. The molecule has 0 saturated carbocycles. The van der Waals surface area contributed by atoms with Crippen molar-refractivity contribution in [2.24, 2.45) is 0 Å². The number of rotatable bonds is 2. The van der Waals surface area contributed by atoms with Crippen LogP contribution in [0.15, 0.2) is 38.4 Å². The summed E-state index contributed by atoms with van der Waals surface area (Å²) in [6.45, 7) is 2.33. The van der Waals surface area contributed by atoms with Gasteiger partial charge in [0.05, 0.1) is 16.7 Å². The maximum Gasteiger partial charge on any atom is 0.265 e. The number of pyridine rings is 1. The van der Waals surface area contributed by atoms with Crippen LogP contribution in [-0.4, -0.2) is 9.72 Å². The van der Waals surface area contributed by atoms with Gasteiger partial charge in [0.2, 0.25) is 0 Å². The molecule has 0 atom stereocenters. The molecule has 0 aliphatic heterocycles. The topological polar surface area (TPSA) is 48.0 Å². The van der Waals surface area contributed by atoms with Crippen LogP contribution in [0.1, 0.15) is 11.3 Å². The Morgan fingerprint density at radius 1 is 1.60 bits per heavy atom. The highest BCUT2D eigenvalue weighted by Crippen LogP contribution is 2.07. The van der Waals surface area contributed by atoms with Gasteiger partial charge < -0.3 is 9.09 Å². The van der Waals surface area contributed by atoms with Crippen LogP contribution >= 0.6 is 15.9 Å². The van der Waals surface area contributed by atoms with Crippen molar-refractivity contribution in [3.05, 3.63) is 50.7 Å². The molecule has 0 N–H and O–H groups in total. The lowest BCUT2D eigenvalue weighted by Gasteiger charge is -2.03. The molecule has 2 aromatic rings. The zero-order valence-electron chi connectivity index (χ0n) is 8.11. The Morgan fingerprint density at radius 3 is 3.07 bits per heavy atom. The highest BCUT2D eigenvalue weighted by Gasteiger charge is 2.05. The molecule has 2 heterocycles. The molecule has 5 heteroatoms. The van der Waals surface area contributed by atoms with E-state index in [-0.39, 0.29) is 5.56 Å². The van der Waals surface area contributed by atoms with E-state index in [1.54, 1.807) is 23.1 Å². The molecule has 0 spiro atoms. The van der Waals surface area contributed by atoms with Crippen LogP contribution in [0.25, 0.3) is 0 Å². The van der Waals surface area contributed by atoms with Gasteiger partial charge in [-0.15, -0.1) is 0 Å². The number of halogens is 1. The van der Waals surface area contributed by atoms with Gasteiger partial charge in [0, 0.05) is 11.8 Å². The van der Waals surface area contributed by atoms with Crippen molar-refractivity contribution >= 4 is 15.9 Å². The van der Waals surface area contributed by atoms with Gasteiger partial charge in [0.25, 0.3) is 5.56 Å². The van der Waals surface area contributed by atoms with Crippen LogP contribution in [0.5, 0.6) is 0 Å². The van der Waals surface area contributed by atoms with Crippen molar-refractivity contribution in [3.63, 3.8) is 0 Å². The third-order valence-electron chi connectivity index (χ3n) is 2.16. The van der Waals surface area contributed by atoms with E-state index in [1.807, 2.05) is 13.0 Å². The van der Waals surface area contributed by atoms with E-state index in [0.29, 0.717) is 11.0 Å². The molecule has 0 amide bonds. The minimum absolute atomic E-state index is 0.0573. The van der Waals surface area contributed by atoms with Gasteiger partial charge in [0.15, 0.2) is 0 Å². The smallest absolute Gasteiger partial charge is 0.265 e. The maximum atomic E-state index is 11.7. The van der Waals surface area contributed by atoms with E-state index in [0.717, 1.165) is 11.3 Å². The molecule has 0 saturated heterocycles. The predicted octanol–water partition coefficient (Wildman–Crippen LogP) is 1.96. The molecule has 0 aliphatic carbocycles. The molecule has 0 fully saturated rings. The summed E-state index contributed by atoms with van der Waals surface area (Å²) in [5, 5.41) is 3.76. The number of aryl methyl sites for hydroxylation is 1. The first-order chi connectivity index (χ1) is 7.18. The van der Waals surface area contributed by atoms with Crippen LogP contribution in [-0.2, 0) is 6.54 Å². The second-order valence-electron chi connectivity index (χ2n) is 3.21. The van der Waals surface area contributed by atoms with Crippen molar-refractivity contribution in [1.82, 2.24) is 9.72 Å². The zero-order valence-corrected chi connectivity index (χ0v) is 9.69. The van der Waals surface area contributed by atoms with E-state index in [2.05, 4.69) is 21.1 Å². The molecule has 2 rings (SSSR count). The normalized spacial score (nSPS) is 10.5. The molecule has 0 bridgehead atoms. The molecular weight excluding hydrogens is 260 g/mol. The van der Waals surface area contributed by atoms with Crippen molar-refractivity contribution < 1.29 is 4.52 Å². The molecule has 0 aliphatic rings. The summed E-state index contributed by atoms with van der Waals surface area (Å²) in [7, 11) is 0. The average molecular weight is 269 g/mol. The molecule has 4 nitrogen and oxygen atoms in total. The summed E-state index contributed by atoms with van der Waals surface area (Å²) < 4.78 is 6.97. The van der Waals surface area contributed by atoms with E-state index in [4.69, 9.17) is 4.52 Å². The maximum absolute atomic E-state index is 11.7. The fraction of sp³-hybridized carbons (Fsp3) is 0.200. The fourth-order valence-electron chi connectivity index (χ4n) is 1.28. The minimum Gasteiger partial charge on any atom is -0.364 e. The Kier molecular flexibility index (Phi) is 2.73. The Hall–Kier alpha value is -1.36. The molecule has 0 radical (unpaired) electrons. The van der Waals surface area contributed by atoms with Gasteiger partial charge in [0.1, 0.15) is 6.26 Å². The van der Waals surface area contributed by atoms with Crippen molar-refractivity contribution in [1.29, 1.82) is 0 Å². The Labute approximate surface area is 94.6 Å². The molecule has 78 valence electrons. The molecule has 0 unspecified atom stereocenters. The number of nitrogens with zero attached hydrogens (tertiary/aromatic N) is 2. The van der Waals surface area contributed by atoms with Crippen molar-refractivity contribution in [3.8, 4) is 0 Å². The predicted molar refractivity (Wildman–Crippen MR) is 58.7 cm³/mol. The number of aromatic nitrogens is 2. The second kappa shape index (κ2) is 4.02. The standard InChI is InChI=1S/C10H9BrN2O2/c1-7-8(6-15-12-7)5-13-4-2-3-9(11)10(13)14/h2-4,6H,5H2,1H3. The van der Waals surface area contributed by atoms with Gasteiger partial charge in [-0.05, 0) is 35.0 Å². The summed E-state index contributed by atoms with van der Waals surface area (Å²) >= 11 is 3.20. The van der Waals surface area contributed by atoms with E-state index >= 15 is 0 Å². The summed E-state index contributed by atoms with van der Waals surface area (Å²) in [6.07, 6.45) is 3.29. The van der Waals surface area contributed by atoms with Crippen LogP contribution in [0, 0.1) is 6.92 Å². The lowest BCUT2D eigenvalue weighted by Crippen LogP contribution is -2.20. The van der Waals surface area contributed by atoms with Gasteiger partial charge in [-0.1, -0.05) is 5.16 Å². The lowest BCUT2D eigenvalue weighted by atomic mass is 10.2. The highest BCUT2D eigenvalue weighted by molar-refractivity contribution is 9.10. The SMILES string of the molecule is Cc1nocc1Cn1cccc(Br)c1=O. The number of hydrogen-bond acceptors (Lipinski definition) is 3. The summed E-state index contributed by atoms with van der Waals surface area (Å²) in [5.74, 6) is 0. The molecular formula is C10H9BrN2O2. The Morgan fingerprint density at radius 2 is 2.40 bits per heavy atom. The Bertz CT molecular complexity index is 530. The quantitative estimate of drug-likeness (QED) is 0.837. The number of hydrogen-bond donors (Lipinski definition) is 0. The summed E-state index contributed by atoms with van der Waals surface area (Å²) in [4.78, 5) is 11.7. The van der Waals surface area contributed by atoms with E-state index < -0.39 is 0 Å². The largest absolute Gasteiger partial charge is 0.364 e. The molecule has 2 aromatic heterocycles. The van der Waals surface area contributed by atoms with Gasteiger partial charge in [-0.2, -0.15) is 0 Å². The first-order valence-corrected chi connectivity index (χ1v) is 5.22. The van der Waals surface area contributed by atoms with Crippen molar-refractivity contribution in [2.75, 3.05) is 0 Å². The Balaban J connectivity index is 2.37.